The average Bonchev–Trinajstić information content (AvgIpc) is 3.15. The second kappa shape index (κ2) is 9.39. The number of hydrogen-bond acceptors (Lipinski definition) is 4. The Morgan fingerprint density at radius 2 is 1.89 bits per heavy atom. The zero-order chi connectivity index (χ0) is 20.1. The Hall–Kier alpha value is -2.12. The van der Waals surface area contributed by atoms with Crippen molar-refractivity contribution in [2.75, 3.05) is 5.75 Å². The minimum atomic E-state index is -0.0629. The second-order valence-electron chi connectivity index (χ2n) is 6.86. The molecular weight excluding hydrogens is 436 g/mol. The second-order valence-corrected chi connectivity index (χ2v) is 8.72. The summed E-state index contributed by atoms with van der Waals surface area (Å²) in [6, 6.07) is 16.2. The number of benzene rings is 2. The molecule has 0 aliphatic carbocycles. The van der Waals surface area contributed by atoms with Gasteiger partial charge in [0.2, 0.25) is 5.91 Å². The SMILES string of the molecule is CC(C)c1ccc(-n2cnnc2SCC(=O)NC(C)c2cccc(Br)c2)cc1. The van der Waals surface area contributed by atoms with Crippen LogP contribution in [-0.2, 0) is 4.79 Å². The van der Waals surface area contributed by atoms with E-state index in [0.717, 1.165) is 15.7 Å². The Labute approximate surface area is 178 Å². The molecule has 3 aromatic rings. The third-order valence-electron chi connectivity index (χ3n) is 4.41. The summed E-state index contributed by atoms with van der Waals surface area (Å²) < 4.78 is 2.90. The highest BCUT2D eigenvalue weighted by atomic mass is 79.9. The number of halogens is 1. The summed E-state index contributed by atoms with van der Waals surface area (Å²) in [4.78, 5) is 12.4. The van der Waals surface area contributed by atoms with Gasteiger partial charge >= 0.3 is 0 Å². The zero-order valence-electron chi connectivity index (χ0n) is 16.1. The van der Waals surface area contributed by atoms with E-state index < -0.39 is 0 Å². The van der Waals surface area contributed by atoms with E-state index in [2.05, 4.69) is 69.6 Å². The van der Waals surface area contributed by atoms with Gasteiger partial charge in [-0.1, -0.05) is 65.8 Å². The first-order chi connectivity index (χ1) is 13.4. The quantitative estimate of drug-likeness (QED) is 0.498. The minimum absolute atomic E-state index is 0.0396. The van der Waals surface area contributed by atoms with Crippen LogP contribution in [0.15, 0.2) is 64.5 Å². The lowest BCUT2D eigenvalue weighted by atomic mass is 10.0. The first kappa shape index (κ1) is 20.6. The summed E-state index contributed by atoms with van der Waals surface area (Å²) >= 11 is 4.84. The van der Waals surface area contributed by atoms with Crippen LogP contribution in [0.25, 0.3) is 5.69 Å². The Morgan fingerprint density at radius 1 is 1.14 bits per heavy atom. The normalized spacial score (nSPS) is 12.2. The molecule has 0 saturated heterocycles. The first-order valence-corrected chi connectivity index (χ1v) is 10.9. The highest BCUT2D eigenvalue weighted by Gasteiger charge is 2.13. The number of thioether (sulfide) groups is 1. The molecule has 0 radical (unpaired) electrons. The number of hydrogen-bond donors (Lipinski definition) is 1. The zero-order valence-corrected chi connectivity index (χ0v) is 18.5. The van der Waals surface area contributed by atoms with Gasteiger partial charge in [-0.05, 0) is 48.2 Å². The van der Waals surface area contributed by atoms with Gasteiger partial charge in [0.05, 0.1) is 11.8 Å². The van der Waals surface area contributed by atoms with Gasteiger partial charge in [-0.15, -0.1) is 10.2 Å². The summed E-state index contributed by atoms with van der Waals surface area (Å²) in [5.74, 6) is 0.725. The van der Waals surface area contributed by atoms with Crippen LogP contribution in [0.1, 0.15) is 43.9 Å². The van der Waals surface area contributed by atoms with Crippen LogP contribution in [-0.4, -0.2) is 26.4 Å². The molecule has 0 fully saturated rings. The van der Waals surface area contributed by atoms with Crippen molar-refractivity contribution in [3.63, 3.8) is 0 Å². The van der Waals surface area contributed by atoms with Crippen molar-refractivity contribution in [2.24, 2.45) is 0 Å². The van der Waals surface area contributed by atoms with E-state index in [-0.39, 0.29) is 17.7 Å². The van der Waals surface area contributed by atoms with Gasteiger partial charge in [0.1, 0.15) is 6.33 Å². The lowest BCUT2D eigenvalue weighted by Crippen LogP contribution is -2.28. The van der Waals surface area contributed by atoms with Gasteiger partial charge in [-0.2, -0.15) is 0 Å². The fraction of sp³-hybridized carbons (Fsp3) is 0.286. The standard InChI is InChI=1S/C21H23BrN4OS/c1-14(2)16-7-9-19(10-8-16)26-13-23-25-21(26)28-12-20(27)24-15(3)17-5-4-6-18(22)11-17/h4-11,13-15H,12H2,1-3H3,(H,24,27). The maximum atomic E-state index is 12.4. The third-order valence-corrected chi connectivity index (χ3v) is 5.85. The predicted molar refractivity (Wildman–Crippen MR) is 117 cm³/mol. The smallest absolute Gasteiger partial charge is 0.230 e. The van der Waals surface area contributed by atoms with Gasteiger partial charge in [-0.3, -0.25) is 9.36 Å². The van der Waals surface area contributed by atoms with Gasteiger partial charge in [0.15, 0.2) is 5.16 Å². The molecule has 1 N–H and O–H groups in total. The summed E-state index contributed by atoms with van der Waals surface area (Å²) in [6.07, 6.45) is 1.68. The third kappa shape index (κ3) is 5.23. The molecule has 0 saturated carbocycles. The minimum Gasteiger partial charge on any atom is -0.349 e. The van der Waals surface area contributed by atoms with Crippen LogP contribution in [0.5, 0.6) is 0 Å². The molecule has 0 spiro atoms. The van der Waals surface area contributed by atoms with E-state index in [1.165, 1.54) is 17.3 Å². The molecule has 1 heterocycles. The summed E-state index contributed by atoms with van der Waals surface area (Å²) in [5.41, 5.74) is 3.33. The number of carbonyl (C=O) groups is 1. The number of aromatic nitrogens is 3. The molecule has 0 bridgehead atoms. The molecular formula is C21H23BrN4OS. The molecule has 1 aromatic heterocycles. The largest absolute Gasteiger partial charge is 0.349 e. The van der Waals surface area contributed by atoms with E-state index in [1.807, 2.05) is 35.8 Å². The molecule has 3 rings (SSSR count). The maximum Gasteiger partial charge on any atom is 0.230 e. The summed E-state index contributed by atoms with van der Waals surface area (Å²) in [5, 5.41) is 11.9. The van der Waals surface area contributed by atoms with Crippen LogP contribution >= 0.6 is 27.7 Å². The average molecular weight is 459 g/mol. The number of nitrogens with one attached hydrogen (secondary N) is 1. The highest BCUT2D eigenvalue weighted by Crippen LogP contribution is 2.22. The molecule has 5 nitrogen and oxygen atoms in total. The molecule has 1 unspecified atom stereocenters. The van der Waals surface area contributed by atoms with E-state index in [1.54, 1.807) is 6.33 Å². The predicted octanol–water partition coefficient (Wildman–Crippen LogP) is 5.12. The van der Waals surface area contributed by atoms with Gasteiger partial charge < -0.3 is 5.32 Å². The van der Waals surface area contributed by atoms with Crippen molar-refractivity contribution < 1.29 is 4.79 Å². The molecule has 0 aliphatic heterocycles. The Bertz CT molecular complexity index is 940. The van der Waals surface area contributed by atoms with Crippen LogP contribution < -0.4 is 5.32 Å². The number of nitrogens with zero attached hydrogens (tertiary/aromatic N) is 3. The molecule has 28 heavy (non-hydrogen) atoms. The number of amides is 1. The highest BCUT2D eigenvalue weighted by molar-refractivity contribution is 9.10. The van der Waals surface area contributed by atoms with Crippen LogP contribution in [0.4, 0.5) is 0 Å². The summed E-state index contributed by atoms with van der Waals surface area (Å²) in [6.45, 7) is 6.31. The van der Waals surface area contributed by atoms with Gasteiger partial charge in [-0.25, -0.2) is 0 Å². The molecule has 7 heteroatoms. The van der Waals surface area contributed by atoms with E-state index in [9.17, 15) is 4.79 Å². The van der Waals surface area contributed by atoms with Crippen molar-refractivity contribution >= 4 is 33.6 Å². The number of rotatable bonds is 7. The molecule has 146 valence electrons. The fourth-order valence-corrected chi connectivity index (χ4v) is 3.95. The van der Waals surface area contributed by atoms with Crippen molar-refractivity contribution in [2.45, 2.75) is 37.9 Å². The fourth-order valence-electron chi connectivity index (χ4n) is 2.79. The van der Waals surface area contributed by atoms with E-state index in [4.69, 9.17) is 0 Å². The molecule has 2 aromatic carbocycles. The van der Waals surface area contributed by atoms with Gasteiger partial charge in [0.25, 0.3) is 0 Å². The van der Waals surface area contributed by atoms with Crippen molar-refractivity contribution in [3.05, 3.63) is 70.5 Å². The van der Waals surface area contributed by atoms with Crippen molar-refractivity contribution in [1.29, 1.82) is 0 Å². The molecule has 1 amide bonds. The lowest BCUT2D eigenvalue weighted by molar-refractivity contribution is -0.119. The number of carbonyl (C=O) groups excluding carboxylic acids is 1. The van der Waals surface area contributed by atoms with Crippen molar-refractivity contribution in [3.8, 4) is 5.69 Å². The topological polar surface area (TPSA) is 59.8 Å². The Morgan fingerprint density at radius 3 is 2.57 bits per heavy atom. The van der Waals surface area contributed by atoms with Gasteiger partial charge in [0, 0.05) is 10.2 Å². The van der Waals surface area contributed by atoms with Crippen molar-refractivity contribution in [1.82, 2.24) is 20.1 Å². The van der Waals surface area contributed by atoms with Crippen LogP contribution in [0, 0.1) is 0 Å². The maximum absolute atomic E-state index is 12.4. The van der Waals surface area contributed by atoms with E-state index in [0.29, 0.717) is 11.1 Å². The lowest BCUT2D eigenvalue weighted by Gasteiger charge is -2.14. The summed E-state index contributed by atoms with van der Waals surface area (Å²) in [7, 11) is 0. The van der Waals surface area contributed by atoms with Crippen LogP contribution in [0.2, 0.25) is 0 Å². The Balaban J connectivity index is 1.61. The first-order valence-electron chi connectivity index (χ1n) is 9.12. The monoisotopic (exact) mass is 458 g/mol. The van der Waals surface area contributed by atoms with E-state index >= 15 is 0 Å². The van der Waals surface area contributed by atoms with Crippen LogP contribution in [0.3, 0.4) is 0 Å². The molecule has 1 atom stereocenters. The Kier molecular flexibility index (Phi) is 6.91. The molecule has 0 aliphatic rings.